The predicted molar refractivity (Wildman–Crippen MR) is 104 cm³/mol. The van der Waals surface area contributed by atoms with Gasteiger partial charge in [-0.05, 0) is 44.0 Å². The first kappa shape index (κ1) is 18.3. The Labute approximate surface area is 155 Å². The van der Waals surface area contributed by atoms with E-state index in [4.69, 9.17) is 0 Å². The Morgan fingerprint density at radius 2 is 1.93 bits per heavy atom. The van der Waals surface area contributed by atoms with E-state index in [0.29, 0.717) is 23.2 Å². The summed E-state index contributed by atoms with van der Waals surface area (Å²) in [5.41, 5.74) is 3.08. The molecule has 0 bridgehead atoms. The smallest absolute Gasteiger partial charge is 0.273 e. The van der Waals surface area contributed by atoms with Crippen LogP contribution in [0.1, 0.15) is 34.0 Å². The highest BCUT2D eigenvalue weighted by molar-refractivity contribution is 6.06. The fourth-order valence-electron chi connectivity index (χ4n) is 3.27. The summed E-state index contributed by atoms with van der Waals surface area (Å²) < 4.78 is 0. The summed E-state index contributed by atoms with van der Waals surface area (Å²) in [5, 5.41) is 14.7. The second kappa shape index (κ2) is 7.03. The monoisotopic (exact) mass is 365 g/mol. The van der Waals surface area contributed by atoms with Crippen LogP contribution in [0.25, 0.3) is 10.9 Å². The number of anilines is 1. The van der Waals surface area contributed by atoms with E-state index in [1.807, 2.05) is 19.9 Å². The van der Waals surface area contributed by atoms with Gasteiger partial charge in [0.15, 0.2) is 0 Å². The third-order valence-electron chi connectivity index (χ3n) is 4.76. The van der Waals surface area contributed by atoms with Gasteiger partial charge < -0.3 is 10.3 Å². The standard InChI is InChI=1S/C20H19N3O4/c1-4-14-11(2)15-9-8-13(10-17(15)22-19(14)24)21-20(25)16-6-5-7-18(12(16)3)23(26)27/h5-10H,4H2,1-3H3,(H,21,25)(H,22,24). The van der Waals surface area contributed by atoms with E-state index < -0.39 is 10.8 Å². The van der Waals surface area contributed by atoms with Gasteiger partial charge in [0.05, 0.1) is 10.4 Å². The van der Waals surface area contributed by atoms with E-state index in [1.165, 1.54) is 18.2 Å². The van der Waals surface area contributed by atoms with Crippen LogP contribution in [0.4, 0.5) is 11.4 Å². The van der Waals surface area contributed by atoms with Crippen molar-refractivity contribution >= 4 is 28.2 Å². The first-order valence-electron chi connectivity index (χ1n) is 8.54. The van der Waals surface area contributed by atoms with Crippen molar-refractivity contribution in [2.24, 2.45) is 0 Å². The number of pyridine rings is 1. The van der Waals surface area contributed by atoms with Gasteiger partial charge >= 0.3 is 0 Å². The Bertz CT molecular complexity index is 1130. The molecule has 0 spiro atoms. The minimum Gasteiger partial charge on any atom is -0.322 e. The summed E-state index contributed by atoms with van der Waals surface area (Å²) in [4.78, 5) is 38.1. The molecule has 1 aromatic heterocycles. The predicted octanol–water partition coefficient (Wildman–Crippen LogP) is 3.87. The van der Waals surface area contributed by atoms with Crippen LogP contribution in [0.2, 0.25) is 0 Å². The Balaban J connectivity index is 1.98. The first-order valence-corrected chi connectivity index (χ1v) is 8.54. The molecule has 1 heterocycles. The average molecular weight is 365 g/mol. The molecule has 2 aromatic carbocycles. The number of H-pyrrole nitrogens is 1. The van der Waals surface area contributed by atoms with Crippen molar-refractivity contribution in [1.29, 1.82) is 0 Å². The lowest BCUT2D eigenvalue weighted by Crippen LogP contribution is -2.16. The summed E-state index contributed by atoms with van der Waals surface area (Å²) in [7, 11) is 0. The molecule has 0 saturated carbocycles. The van der Waals surface area contributed by atoms with Crippen molar-refractivity contribution < 1.29 is 9.72 Å². The van der Waals surface area contributed by atoms with E-state index in [0.717, 1.165) is 16.5 Å². The molecule has 0 aliphatic carbocycles. The fraction of sp³-hybridized carbons (Fsp3) is 0.200. The second-order valence-electron chi connectivity index (χ2n) is 6.33. The summed E-state index contributed by atoms with van der Waals surface area (Å²) in [5.74, 6) is -0.445. The van der Waals surface area contributed by atoms with Gasteiger partial charge in [-0.1, -0.05) is 19.1 Å². The number of amides is 1. The fourth-order valence-corrected chi connectivity index (χ4v) is 3.27. The van der Waals surface area contributed by atoms with E-state index in [2.05, 4.69) is 10.3 Å². The lowest BCUT2D eigenvalue weighted by Gasteiger charge is -2.11. The van der Waals surface area contributed by atoms with Crippen LogP contribution in [0.15, 0.2) is 41.2 Å². The topological polar surface area (TPSA) is 105 Å². The van der Waals surface area contributed by atoms with Crippen molar-refractivity contribution in [3.8, 4) is 0 Å². The van der Waals surface area contributed by atoms with Gasteiger partial charge in [-0.15, -0.1) is 0 Å². The molecule has 0 radical (unpaired) electrons. The molecule has 27 heavy (non-hydrogen) atoms. The highest BCUT2D eigenvalue weighted by Gasteiger charge is 2.18. The maximum atomic E-state index is 12.6. The Kier molecular flexibility index (Phi) is 4.77. The lowest BCUT2D eigenvalue weighted by molar-refractivity contribution is -0.385. The van der Waals surface area contributed by atoms with Crippen LogP contribution in [0.5, 0.6) is 0 Å². The number of nitro groups is 1. The molecule has 3 rings (SSSR count). The molecule has 0 aliphatic heterocycles. The number of hydrogen-bond acceptors (Lipinski definition) is 4. The van der Waals surface area contributed by atoms with Crippen molar-refractivity contribution in [2.75, 3.05) is 5.32 Å². The molecule has 138 valence electrons. The molecule has 0 fully saturated rings. The number of hydrogen-bond donors (Lipinski definition) is 2. The van der Waals surface area contributed by atoms with Gasteiger partial charge in [0.1, 0.15) is 0 Å². The maximum absolute atomic E-state index is 12.6. The molecule has 0 saturated heterocycles. The molecular formula is C20H19N3O4. The number of aromatic nitrogens is 1. The van der Waals surface area contributed by atoms with E-state index in [1.54, 1.807) is 19.1 Å². The van der Waals surface area contributed by atoms with Gasteiger partial charge in [0.25, 0.3) is 17.2 Å². The zero-order valence-corrected chi connectivity index (χ0v) is 15.3. The molecule has 2 N–H and O–H groups in total. The van der Waals surface area contributed by atoms with Crippen LogP contribution in [0, 0.1) is 24.0 Å². The van der Waals surface area contributed by atoms with E-state index >= 15 is 0 Å². The number of carbonyl (C=O) groups excluding carboxylic acids is 1. The Morgan fingerprint density at radius 1 is 1.19 bits per heavy atom. The second-order valence-corrected chi connectivity index (χ2v) is 6.33. The third kappa shape index (κ3) is 3.31. The SMILES string of the molecule is CCc1c(C)c2ccc(NC(=O)c3cccc([N+](=O)[O-])c3C)cc2[nH]c1=O. The van der Waals surface area contributed by atoms with Crippen LogP contribution in [-0.2, 0) is 6.42 Å². The van der Waals surface area contributed by atoms with E-state index in [9.17, 15) is 19.7 Å². The molecule has 3 aromatic rings. The number of carbonyl (C=O) groups is 1. The summed E-state index contributed by atoms with van der Waals surface area (Å²) in [6.07, 6.45) is 0.641. The largest absolute Gasteiger partial charge is 0.322 e. The van der Waals surface area contributed by atoms with Crippen LogP contribution < -0.4 is 10.9 Å². The number of nitrogens with one attached hydrogen (secondary N) is 2. The zero-order valence-electron chi connectivity index (χ0n) is 15.3. The molecule has 0 aliphatic rings. The molecule has 7 heteroatoms. The Hall–Kier alpha value is -3.48. The minimum atomic E-state index is -0.513. The number of rotatable bonds is 4. The molecule has 0 atom stereocenters. The number of benzene rings is 2. The highest BCUT2D eigenvalue weighted by Crippen LogP contribution is 2.24. The van der Waals surface area contributed by atoms with Gasteiger partial charge in [-0.2, -0.15) is 0 Å². The van der Waals surface area contributed by atoms with Crippen LogP contribution in [0.3, 0.4) is 0 Å². The Morgan fingerprint density at radius 3 is 2.59 bits per heavy atom. The molecular weight excluding hydrogens is 346 g/mol. The zero-order chi connectivity index (χ0) is 19.7. The van der Waals surface area contributed by atoms with Gasteiger partial charge in [-0.3, -0.25) is 19.7 Å². The number of aromatic amines is 1. The quantitative estimate of drug-likeness (QED) is 0.541. The minimum absolute atomic E-state index is 0.104. The number of fused-ring (bicyclic) bond motifs is 1. The van der Waals surface area contributed by atoms with Gasteiger partial charge in [-0.25, -0.2) is 0 Å². The summed E-state index contributed by atoms with van der Waals surface area (Å²) >= 11 is 0. The molecule has 1 amide bonds. The lowest BCUT2D eigenvalue weighted by atomic mass is 10.0. The highest BCUT2D eigenvalue weighted by atomic mass is 16.6. The summed E-state index contributed by atoms with van der Waals surface area (Å²) in [6.45, 7) is 5.38. The normalized spacial score (nSPS) is 10.8. The number of nitrogens with zero attached hydrogens (tertiary/aromatic N) is 1. The summed E-state index contributed by atoms with van der Waals surface area (Å²) in [6, 6.07) is 9.66. The van der Waals surface area contributed by atoms with Crippen molar-refractivity contribution in [3.05, 3.63) is 79.1 Å². The van der Waals surface area contributed by atoms with E-state index in [-0.39, 0.29) is 16.8 Å². The number of nitro benzene ring substituents is 1. The molecule has 0 unspecified atom stereocenters. The first-order chi connectivity index (χ1) is 12.8. The van der Waals surface area contributed by atoms with Crippen molar-refractivity contribution in [2.45, 2.75) is 27.2 Å². The van der Waals surface area contributed by atoms with Crippen molar-refractivity contribution in [3.63, 3.8) is 0 Å². The van der Waals surface area contributed by atoms with Gasteiger partial charge in [0.2, 0.25) is 0 Å². The maximum Gasteiger partial charge on any atom is 0.273 e. The van der Waals surface area contributed by atoms with Crippen LogP contribution in [-0.4, -0.2) is 15.8 Å². The van der Waals surface area contributed by atoms with Gasteiger partial charge in [0, 0.05) is 33.8 Å². The van der Waals surface area contributed by atoms with Crippen molar-refractivity contribution in [1.82, 2.24) is 4.98 Å². The average Bonchev–Trinajstić information content (AvgIpc) is 2.61. The van der Waals surface area contributed by atoms with Crippen LogP contribution >= 0.6 is 0 Å². The number of aryl methyl sites for hydroxylation is 1. The molecule has 7 nitrogen and oxygen atoms in total. The third-order valence-corrected chi connectivity index (χ3v) is 4.76.